The van der Waals surface area contributed by atoms with Crippen LogP contribution in [0.2, 0.25) is 0 Å². The summed E-state index contributed by atoms with van der Waals surface area (Å²) in [6.07, 6.45) is 0.880. The molecule has 0 fully saturated rings. The van der Waals surface area contributed by atoms with Crippen molar-refractivity contribution in [2.75, 3.05) is 26.2 Å². The zero-order valence-electron chi connectivity index (χ0n) is 20.3. The largest absolute Gasteiger partial charge is 0.491 e. The van der Waals surface area contributed by atoms with E-state index >= 15 is 0 Å². The first kappa shape index (κ1) is 24.7. The Bertz CT molecular complexity index is 885. The van der Waals surface area contributed by atoms with Crippen molar-refractivity contribution >= 4 is 17.2 Å². The number of benzene rings is 1. The summed E-state index contributed by atoms with van der Waals surface area (Å²) in [5.41, 5.74) is 1.61. The van der Waals surface area contributed by atoms with E-state index in [-0.39, 0.29) is 18.0 Å². The van der Waals surface area contributed by atoms with Gasteiger partial charge in [-0.2, -0.15) is 0 Å². The topological polar surface area (TPSA) is 53.0 Å². The van der Waals surface area contributed by atoms with Crippen molar-refractivity contribution in [2.24, 2.45) is 0 Å². The molecule has 6 heteroatoms. The van der Waals surface area contributed by atoms with Crippen LogP contribution in [0.25, 0.3) is 0 Å². The molecule has 0 unspecified atom stereocenters. The second-order valence-electron chi connectivity index (χ2n) is 9.58. The van der Waals surface area contributed by atoms with Gasteiger partial charge in [0.2, 0.25) is 5.91 Å². The summed E-state index contributed by atoms with van der Waals surface area (Å²) >= 11 is 1.76. The number of hydrogen-bond donors (Lipinski definition) is 1. The van der Waals surface area contributed by atoms with Gasteiger partial charge in [-0.15, -0.1) is 11.3 Å². The first-order chi connectivity index (χ1) is 15.1. The highest BCUT2D eigenvalue weighted by Crippen LogP contribution is 2.34. The van der Waals surface area contributed by atoms with Gasteiger partial charge in [-0.1, -0.05) is 32.9 Å². The van der Waals surface area contributed by atoms with Gasteiger partial charge in [-0.3, -0.25) is 9.69 Å². The number of hydrogen-bond acceptors (Lipinski definition) is 5. The third kappa shape index (κ3) is 5.72. The number of amides is 1. The molecule has 1 aliphatic rings. The number of aliphatic hydroxyl groups is 1. The molecule has 1 aliphatic heterocycles. The Morgan fingerprint density at radius 1 is 1.25 bits per heavy atom. The highest BCUT2D eigenvalue weighted by atomic mass is 32.1. The van der Waals surface area contributed by atoms with Crippen molar-refractivity contribution in [3.8, 4) is 5.75 Å². The van der Waals surface area contributed by atoms with Crippen molar-refractivity contribution < 1.29 is 14.6 Å². The van der Waals surface area contributed by atoms with Crippen LogP contribution in [0.4, 0.5) is 0 Å². The van der Waals surface area contributed by atoms with Crippen LogP contribution in [0.5, 0.6) is 5.75 Å². The molecule has 1 amide bonds. The standard InChI is InChI=1S/C26H38N2O3S/c1-7-27(19(4)26(5,6)30)16-25(29)28-14-12-24-22(13-15-32-24)23(28)17-31-21-10-8-20(9-11-21)18(2)3/h8-11,13,15,18-19,23,30H,7,12,14,16-17H2,1-6H3/t19-,23+/m0/s1. The van der Waals surface area contributed by atoms with Crippen LogP contribution in [0.15, 0.2) is 35.7 Å². The Morgan fingerprint density at radius 2 is 1.94 bits per heavy atom. The molecule has 0 spiro atoms. The third-order valence-corrected chi connectivity index (χ3v) is 7.68. The highest BCUT2D eigenvalue weighted by molar-refractivity contribution is 7.10. The zero-order valence-corrected chi connectivity index (χ0v) is 21.1. The molecule has 0 aliphatic carbocycles. The van der Waals surface area contributed by atoms with Crippen molar-refractivity contribution in [2.45, 2.75) is 71.6 Å². The van der Waals surface area contributed by atoms with Gasteiger partial charge < -0.3 is 14.7 Å². The van der Waals surface area contributed by atoms with E-state index < -0.39 is 5.60 Å². The fourth-order valence-corrected chi connectivity index (χ4v) is 5.16. The predicted octanol–water partition coefficient (Wildman–Crippen LogP) is 4.86. The molecule has 5 nitrogen and oxygen atoms in total. The molecule has 0 saturated carbocycles. The molecule has 32 heavy (non-hydrogen) atoms. The second-order valence-corrected chi connectivity index (χ2v) is 10.6. The van der Waals surface area contributed by atoms with Gasteiger partial charge >= 0.3 is 0 Å². The summed E-state index contributed by atoms with van der Waals surface area (Å²) in [4.78, 5) is 18.8. The number of nitrogens with zero attached hydrogens (tertiary/aromatic N) is 2. The molecule has 176 valence electrons. The summed E-state index contributed by atoms with van der Waals surface area (Å²) in [5.74, 6) is 1.40. The predicted molar refractivity (Wildman–Crippen MR) is 132 cm³/mol. The van der Waals surface area contributed by atoms with Gasteiger partial charge in [0.1, 0.15) is 12.4 Å². The molecule has 0 saturated heterocycles. The summed E-state index contributed by atoms with van der Waals surface area (Å²) in [6, 6.07) is 10.2. The number of likely N-dealkylation sites (N-methyl/N-ethyl adjacent to an activating group) is 1. The maximum atomic E-state index is 13.4. The van der Waals surface area contributed by atoms with Crippen LogP contribution in [0.3, 0.4) is 0 Å². The summed E-state index contributed by atoms with van der Waals surface area (Å²) in [7, 11) is 0. The molecule has 0 bridgehead atoms. The maximum Gasteiger partial charge on any atom is 0.237 e. The zero-order chi connectivity index (χ0) is 23.5. The Labute approximate surface area is 197 Å². The minimum absolute atomic E-state index is 0.0866. The van der Waals surface area contributed by atoms with Crippen LogP contribution < -0.4 is 4.74 Å². The lowest BCUT2D eigenvalue weighted by Crippen LogP contribution is -2.52. The van der Waals surface area contributed by atoms with Crippen LogP contribution in [-0.2, 0) is 11.2 Å². The summed E-state index contributed by atoms with van der Waals surface area (Å²) in [5, 5.41) is 12.6. The molecule has 1 aromatic carbocycles. The minimum atomic E-state index is -0.872. The lowest BCUT2D eigenvalue weighted by Gasteiger charge is -2.40. The van der Waals surface area contributed by atoms with E-state index in [1.54, 1.807) is 25.2 Å². The van der Waals surface area contributed by atoms with Gasteiger partial charge in [0.25, 0.3) is 0 Å². The number of thiophene rings is 1. The van der Waals surface area contributed by atoms with Crippen molar-refractivity contribution in [3.63, 3.8) is 0 Å². The van der Waals surface area contributed by atoms with Gasteiger partial charge in [0.05, 0.1) is 18.2 Å². The Kier molecular flexibility index (Phi) is 8.01. The van der Waals surface area contributed by atoms with Gasteiger partial charge in [0, 0.05) is 17.5 Å². The maximum absolute atomic E-state index is 13.4. The number of rotatable bonds is 9. The van der Waals surface area contributed by atoms with Crippen molar-refractivity contribution in [1.29, 1.82) is 0 Å². The first-order valence-corrected chi connectivity index (χ1v) is 12.5. The Morgan fingerprint density at radius 3 is 2.53 bits per heavy atom. The molecular weight excluding hydrogens is 420 g/mol. The minimum Gasteiger partial charge on any atom is -0.491 e. The second kappa shape index (κ2) is 10.4. The van der Waals surface area contributed by atoms with Gasteiger partial charge in [-0.25, -0.2) is 0 Å². The molecule has 2 atom stereocenters. The van der Waals surface area contributed by atoms with Crippen molar-refractivity contribution in [3.05, 3.63) is 51.7 Å². The number of fused-ring (bicyclic) bond motifs is 1. The molecule has 1 aromatic heterocycles. The average Bonchev–Trinajstić information content (AvgIpc) is 3.23. The van der Waals surface area contributed by atoms with Gasteiger partial charge in [0.15, 0.2) is 0 Å². The Balaban J connectivity index is 1.74. The lowest BCUT2D eigenvalue weighted by atomic mass is 9.98. The summed E-state index contributed by atoms with van der Waals surface area (Å²) in [6.45, 7) is 14.1. The van der Waals surface area contributed by atoms with E-state index in [9.17, 15) is 9.90 Å². The number of carbonyl (C=O) groups is 1. The van der Waals surface area contributed by atoms with E-state index in [4.69, 9.17) is 4.74 Å². The highest BCUT2D eigenvalue weighted by Gasteiger charge is 2.35. The van der Waals surface area contributed by atoms with Crippen LogP contribution in [0, 0.1) is 0 Å². The SMILES string of the molecule is CCN(CC(=O)N1CCc2sccc2[C@H]1COc1ccc(C(C)C)cc1)[C@@H](C)C(C)(C)O. The molecule has 0 radical (unpaired) electrons. The fraction of sp³-hybridized carbons (Fsp3) is 0.577. The molecule has 3 rings (SSSR count). The quantitative estimate of drug-likeness (QED) is 0.583. The molecule has 2 aromatic rings. The molecular formula is C26H38N2O3S. The smallest absolute Gasteiger partial charge is 0.237 e. The Hall–Kier alpha value is -1.89. The molecule has 1 N–H and O–H groups in total. The normalized spacial score (nSPS) is 17.5. The third-order valence-electron chi connectivity index (χ3n) is 6.68. The van der Waals surface area contributed by atoms with E-state index in [0.29, 0.717) is 32.2 Å². The average molecular weight is 459 g/mol. The van der Waals surface area contributed by atoms with E-state index in [0.717, 1.165) is 12.2 Å². The monoisotopic (exact) mass is 458 g/mol. The van der Waals surface area contributed by atoms with E-state index in [2.05, 4.69) is 37.4 Å². The van der Waals surface area contributed by atoms with E-state index in [1.807, 2.05) is 35.8 Å². The van der Waals surface area contributed by atoms with E-state index in [1.165, 1.54) is 16.0 Å². The van der Waals surface area contributed by atoms with Crippen LogP contribution in [0.1, 0.15) is 69.5 Å². The van der Waals surface area contributed by atoms with Crippen LogP contribution in [-0.4, -0.2) is 58.7 Å². The molecule has 2 heterocycles. The number of carbonyl (C=O) groups excluding carboxylic acids is 1. The van der Waals surface area contributed by atoms with Gasteiger partial charge in [-0.05, 0) is 74.4 Å². The van der Waals surface area contributed by atoms with Crippen molar-refractivity contribution in [1.82, 2.24) is 9.80 Å². The first-order valence-electron chi connectivity index (χ1n) is 11.7. The lowest BCUT2D eigenvalue weighted by molar-refractivity contribution is -0.137. The fourth-order valence-electron chi connectivity index (χ4n) is 4.23. The van der Waals surface area contributed by atoms with Crippen LogP contribution >= 0.6 is 11.3 Å². The summed E-state index contributed by atoms with van der Waals surface area (Å²) < 4.78 is 6.18. The number of ether oxygens (including phenoxy) is 1.